The van der Waals surface area contributed by atoms with E-state index >= 15 is 0 Å². The number of nitrogens with one attached hydrogen (secondary N) is 1. The quantitative estimate of drug-likeness (QED) is 0.880. The van der Waals surface area contributed by atoms with Crippen LogP contribution in [0.2, 0.25) is 0 Å². The predicted molar refractivity (Wildman–Crippen MR) is 70.8 cm³/mol. The van der Waals surface area contributed by atoms with Crippen molar-refractivity contribution in [3.63, 3.8) is 0 Å². The number of halogens is 2. The van der Waals surface area contributed by atoms with Gasteiger partial charge in [-0.05, 0) is 25.9 Å². The van der Waals surface area contributed by atoms with E-state index < -0.39 is 0 Å². The van der Waals surface area contributed by atoms with E-state index in [1.54, 1.807) is 12.4 Å². The molecule has 2 rings (SSSR count). The molecule has 0 aromatic carbocycles. The topological polar surface area (TPSA) is 41.1 Å². The van der Waals surface area contributed by atoms with Crippen molar-refractivity contribution in [1.29, 1.82) is 0 Å². The highest BCUT2D eigenvalue weighted by molar-refractivity contribution is 5.85. The number of anilines is 1. The Morgan fingerprint density at radius 2 is 1.94 bits per heavy atom. The van der Waals surface area contributed by atoms with Crippen LogP contribution in [0, 0.1) is 0 Å². The molecule has 0 atom stereocenters. The van der Waals surface area contributed by atoms with Gasteiger partial charge in [0.05, 0.1) is 6.20 Å². The minimum atomic E-state index is 0. The van der Waals surface area contributed by atoms with Crippen LogP contribution in [0.4, 0.5) is 5.82 Å². The average Bonchev–Trinajstić information content (AvgIpc) is 2.30. The molecule has 16 heavy (non-hydrogen) atoms. The molecule has 4 nitrogen and oxygen atoms in total. The Morgan fingerprint density at radius 1 is 1.25 bits per heavy atom. The first-order chi connectivity index (χ1) is 6.88. The van der Waals surface area contributed by atoms with Crippen molar-refractivity contribution in [3.8, 4) is 0 Å². The molecule has 0 bridgehead atoms. The Kier molecular flexibility index (Phi) is 7.38. The third kappa shape index (κ3) is 3.77. The molecule has 1 saturated heterocycles. The van der Waals surface area contributed by atoms with E-state index in [0.717, 1.165) is 18.9 Å². The number of piperidine rings is 1. The summed E-state index contributed by atoms with van der Waals surface area (Å²) in [6.45, 7) is 2.21. The number of aromatic nitrogens is 2. The predicted octanol–water partition coefficient (Wildman–Crippen LogP) is 1.51. The minimum absolute atomic E-state index is 0. The van der Waals surface area contributed by atoms with Gasteiger partial charge in [-0.25, -0.2) is 4.98 Å². The summed E-state index contributed by atoms with van der Waals surface area (Å²) in [5, 5.41) is 3.36. The van der Waals surface area contributed by atoms with Gasteiger partial charge >= 0.3 is 0 Å². The monoisotopic (exact) mass is 264 g/mol. The summed E-state index contributed by atoms with van der Waals surface area (Å²) in [6, 6.07) is 0.605. The van der Waals surface area contributed by atoms with E-state index in [2.05, 4.69) is 27.2 Å². The molecule has 1 aliphatic rings. The molecule has 6 heteroatoms. The van der Waals surface area contributed by atoms with E-state index in [-0.39, 0.29) is 24.8 Å². The zero-order valence-electron chi connectivity index (χ0n) is 9.30. The maximum Gasteiger partial charge on any atom is 0.147 e. The van der Waals surface area contributed by atoms with E-state index in [1.807, 2.05) is 6.20 Å². The molecular formula is C10H18Cl2N4. The zero-order chi connectivity index (χ0) is 9.80. The fourth-order valence-corrected chi connectivity index (χ4v) is 1.85. The van der Waals surface area contributed by atoms with Gasteiger partial charge in [-0.2, -0.15) is 0 Å². The Hall–Kier alpha value is -0.580. The molecule has 2 heterocycles. The van der Waals surface area contributed by atoms with Gasteiger partial charge in [-0.1, -0.05) is 0 Å². The number of hydrogen-bond acceptors (Lipinski definition) is 4. The van der Waals surface area contributed by atoms with E-state index in [0.29, 0.717) is 6.04 Å². The van der Waals surface area contributed by atoms with Crippen LogP contribution in [-0.4, -0.2) is 36.1 Å². The smallest absolute Gasteiger partial charge is 0.147 e. The van der Waals surface area contributed by atoms with Gasteiger partial charge in [-0.3, -0.25) is 4.98 Å². The molecule has 1 fully saturated rings. The van der Waals surface area contributed by atoms with Gasteiger partial charge in [0.2, 0.25) is 0 Å². The number of nitrogens with zero attached hydrogens (tertiary/aromatic N) is 3. The lowest BCUT2D eigenvalue weighted by Crippen LogP contribution is -2.41. The van der Waals surface area contributed by atoms with Crippen molar-refractivity contribution >= 4 is 30.6 Å². The van der Waals surface area contributed by atoms with Crippen LogP contribution in [-0.2, 0) is 0 Å². The van der Waals surface area contributed by atoms with Crippen molar-refractivity contribution in [2.75, 3.05) is 25.0 Å². The molecule has 1 aromatic rings. The molecular weight excluding hydrogens is 247 g/mol. The summed E-state index contributed by atoms with van der Waals surface area (Å²) in [6.07, 6.45) is 7.65. The molecule has 0 radical (unpaired) electrons. The molecule has 92 valence electrons. The van der Waals surface area contributed by atoms with Crippen LogP contribution in [0.3, 0.4) is 0 Å². The highest BCUT2D eigenvalue weighted by Gasteiger charge is 2.18. The first-order valence-electron chi connectivity index (χ1n) is 5.07. The lowest BCUT2D eigenvalue weighted by atomic mass is 10.1. The maximum absolute atomic E-state index is 4.30. The van der Waals surface area contributed by atoms with Gasteiger partial charge in [0.1, 0.15) is 5.82 Å². The summed E-state index contributed by atoms with van der Waals surface area (Å²) in [5.41, 5.74) is 0. The number of hydrogen-bond donors (Lipinski definition) is 1. The van der Waals surface area contributed by atoms with Gasteiger partial charge < -0.3 is 10.2 Å². The average molecular weight is 265 g/mol. The van der Waals surface area contributed by atoms with Crippen molar-refractivity contribution < 1.29 is 0 Å². The van der Waals surface area contributed by atoms with Crippen LogP contribution in [0.5, 0.6) is 0 Å². The van der Waals surface area contributed by atoms with Crippen molar-refractivity contribution in [2.24, 2.45) is 0 Å². The maximum atomic E-state index is 4.30. The summed E-state index contributed by atoms with van der Waals surface area (Å²) in [7, 11) is 2.10. The Balaban J connectivity index is 0.00000112. The van der Waals surface area contributed by atoms with Gasteiger partial charge in [0.15, 0.2) is 0 Å². The lowest BCUT2D eigenvalue weighted by molar-refractivity contribution is 0.441. The first-order valence-corrected chi connectivity index (χ1v) is 5.07. The lowest BCUT2D eigenvalue weighted by Gasteiger charge is -2.32. The number of rotatable bonds is 2. The molecule has 1 aliphatic heterocycles. The summed E-state index contributed by atoms with van der Waals surface area (Å²) in [4.78, 5) is 10.6. The van der Waals surface area contributed by atoms with Crippen LogP contribution < -0.4 is 10.2 Å². The molecule has 0 saturated carbocycles. The highest BCUT2D eigenvalue weighted by atomic mass is 35.5. The summed E-state index contributed by atoms with van der Waals surface area (Å²) in [5.74, 6) is 0.972. The fourth-order valence-electron chi connectivity index (χ4n) is 1.85. The second kappa shape index (κ2) is 7.65. The molecule has 1 N–H and O–H groups in total. The van der Waals surface area contributed by atoms with Gasteiger partial charge in [0.25, 0.3) is 0 Å². The van der Waals surface area contributed by atoms with E-state index in [4.69, 9.17) is 0 Å². The molecule has 0 amide bonds. The van der Waals surface area contributed by atoms with Crippen molar-refractivity contribution in [1.82, 2.24) is 15.3 Å². The fraction of sp³-hybridized carbons (Fsp3) is 0.600. The molecule has 0 spiro atoms. The molecule has 0 aliphatic carbocycles. The normalized spacial score (nSPS) is 15.8. The summed E-state index contributed by atoms with van der Waals surface area (Å²) < 4.78 is 0. The Labute approximate surface area is 109 Å². The third-order valence-corrected chi connectivity index (χ3v) is 2.77. The van der Waals surface area contributed by atoms with Crippen molar-refractivity contribution in [2.45, 2.75) is 18.9 Å². The summed E-state index contributed by atoms with van der Waals surface area (Å²) >= 11 is 0. The minimum Gasteiger partial charge on any atom is -0.355 e. The first kappa shape index (κ1) is 15.4. The van der Waals surface area contributed by atoms with Crippen LogP contribution in [0.25, 0.3) is 0 Å². The zero-order valence-corrected chi connectivity index (χ0v) is 10.9. The second-order valence-electron chi connectivity index (χ2n) is 3.66. The van der Waals surface area contributed by atoms with Gasteiger partial charge in [0, 0.05) is 25.5 Å². The van der Waals surface area contributed by atoms with Crippen molar-refractivity contribution in [3.05, 3.63) is 18.6 Å². The van der Waals surface area contributed by atoms with Crippen LogP contribution in [0.15, 0.2) is 18.6 Å². The Bertz CT molecular complexity index is 277. The van der Waals surface area contributed by atoms with E-state index in [1.165, 1.54) is 12.8 Å². The SMILES string of the molecule is CN(c1cnccn1)C1CCNCC1.Cl.Cl. The largest absolute Gasteiger partial charge is 0.355 e. The standard InChI is InChI=1S/C10H16N4.2ClH/c1-14(9-2-4-11-5-3-9)10-8-12-6-7-13-10;;/h6-9,11H,2-5H2,1H3;2*1H. The van der Waals surface area contributed by atoms with Gasteiger partial charge in [-0.15, -0.1) is 24.8 Å². The van der Waals surface area contributed by atoms with Crippen LogP contribution >= 0.6 is 24.8 Å². The van der Waals surface area contributed by atoms with Crippen LogP contribution in [0.1, 0.15) is 12.8 Å². The molecule has 1 aromatic heterocycles. The van der Waals surface area contributed by atoms with E-state index in [9.17, 15) is 0 Å². The highest BCUT2D eigenvalue weighted by Crippen LogP contribution is 2.15. The second-order valence-corrected chi connectivity index (χ2v) is 3.66. The molecule has 0 unspecified atom stereocenters. The third-order valence-electron chi connectivity index (χ3n) is 2.77. The Morgan fingerprint density at radius 3 is 2.50 bits per heavy atom.